The van der Waals surface area contributed by atoms with E-state index in [0.29, 0.717) is 24.0 Å². The Morgan fingerprint density at radius 1 is 1.09 bits per heavy atom. The van der Waals surface area contributed by atoms with Crippen LogP contribution in [0.3, 0.4) is 0 Å². The molecule has 6 nitrogen and oxygen atoms in total. The molecule has 1 aromatic carbocycles. The van der Waals surface area contributed by atoms with Crippen LogP contribution in [0.4, 0.5) is 5.95 Å². The van der Waals surface area contributed by atoms with Crippen LogP contribution in [0.2, 0.25) is 0 Å². The van der Waals surface area contributed by atoms with Gasteiger partial charge in [-0.1, -0.05) is 35.4 Å². The molecule has 0 N–H and O–H groups in total. The van der Waals surface area contributed by atoms with Crippen molar-refractivity contribution in [1.29, 1.82) is 0 Å². The summed E-state index contributed by atoms with van der Waals surface area (Å²) < 4.78 is 8.02. The third kappa shape index (κ3) is 2.01. The molecule has 3 fully saturated rings. The van der Waals surface area contributed by atoms with Crippen LogP contribution in [0.5, 0.6) is 0 Å². The monoisotopic (exact) mass is 311 g/mol. The predicted molar refractivity (Wildman–Crippen MR) is 85.2 cm³/mol. The number of rotatable bonds is 3. The van der Waals surface area contributed by atoms with Gasteiger partial charge in [0.15, 0.2) is 0 Å². The van der Waals surface area contributed by atoms with Gasteiger partial charge in [-0.2, -0.15) is 0 Å². The molecule has 0 radical (unpaired) electrons. The summed E-state index contributed by atoms with van der Waals surface area (Å²) >= 11 is 0. The van der Waals surface area contributed by atoms with E-state index in [0.717, 1.165) is 19.0 Å². The Bertz CT molecular complexity index is 684. The Morgan fingerprint density at radius 3 is 2.48 bits per heavy atom. The van der Waals surface area contributed by atoms with Crippen molar-refractivity contribution in [3.8, 4) is 0 Å². The second kappa shape index (κ2) is 5.03. The van der Waals surface area contributed by atoms with Crippen molar-refractivity contribution in [1.82, 2.24) is 20.2 Å². The van der Waals surface area contributed by atoms with Gasteiger partial charge in [0.25, 0.3) is 0 Å². The smallest absolute Gasteiger partial charge is 0.246 e. The maximum Gasteiger partial charge on any atom is 0.246 e. The number of fused-ring (bicyclic) bond motifs is 5. The standard InChI is InChI=1S/C17H21N5O/c1-11(12-5-3-2-4-6-12)22-17(18-19-20-22)21-9-13-14(10-21)16-8-7-15(13)23-16/h2-6,11,13-16H,7-10H2,1H3/t11-,13-,14+,15+,16-/m0/s1. The first-order chi connectivity index (χ1) is 11.3. The highest BCUT2D eigenvalue weighted by molar-refractivity contribution is 5.35. The molecule has 3 saturated heterocycles. The van der Waals surface area contributed by atoms with Crippen molar-refractivity contribution in [2.24, 2.45) is 11.8 Å². The molecule has 6 heteroatoms. The number of tetrazole rings is 1. The van der Waals surface area contributed by atoms with E-state index in [-0.39, 0.29) is 6.04 Å². The van der Waals surface area contributed by atoms with Crippen LogP contribution in [-0.2, 0) is 4.74 Å². The highest BCUT2D eigenvalue weighted by Gasteiger charge is 2.53. The SMILES string of the molecule is C[C@@H](c1ccccc1)n1nnnc1N1C[C@@H]2[C@H](C1)[C@H]1CC[C@@H]2O1. The number of aromatic nitrogens is 4. The van der Waals surface area contributed by atoms with Crippen LogP contribution in [0, 0.1) is 11.8 Å². The van der Waals surface area contributed by atoms with Crippen molar-refractivity contribution >= 4 is 5.95 Å². The van der Waals surface area contributed by atoms with E-state index in [1.54, 1.807) is 0 Å². The number of benzene rings is 1. The fourth-order valence-corrected chi connectivity index (χ4v) is 4.64. The first-order valence-electron chi connectivity index (χ1n) is 8.54. The number of ether oxygens (including phenoxy) is 1. The van der Waals surface area contributed by atoms with Gasteiger partial charge in [-0.3, -0.25) is 0 Å². The highest BCUT2D eigenvalue weighted by Crippen LogP contribution is 2.47. The number of hydrogen-bond acceptors (Lipinski definition) is 5. The molecule has 3 aliphatic heterocycles. The molecule has 0 saturated carbocycles. The lowest BCUT2D eigenvalue weighted by molar-refractivity contribution is 0.0848. The van der Waals surface area contributed by atoms with Gasteiger partial charge >= 0.3 is 0 Å². The fraction of sp³-hybridized carbons (Fsp3) is 0.588. The third-order valence-corrected chi connectivity index (χ3v) is 5.86. The molecular weight excluding hydrogens is 290 g/mol. The van der Waals surface area contributed by atoms with Gasteiger partial charge in [-0.05, 0) is 35.8 Å². The van der Waals surface area contributed by atoms with Gasteiger partial charge in [-0.25, -0.2) is 4.68 Å². The van der Waals surface area contributed by atoms with Gasteiger partial charge in [0.2, 0.25) is 5.95 Å². The van der Waals surface area contributed by atoms with E-state index in [1.807, 2.05) is 10.7 Å². The molecule has 0 aliphatic carbocycles. The Kier molecular flexibility index (Phi) is 2.95. The van der Waals surface area contributed by atoms with Crippen LogP contribution in [0.15, 0.2) is 30.3 Å². The van der Waals surface area contributed by atoms with Crippen molar-refractivity contribution in [2.45, 2.75) is 38.0 Å². The van der Waals surface area contributed by atoms with Gasteiger partial charge in [0.05, 0.1) is 18.2 Å². The maximum atomic E-state index is 6.07. The van der Waals surface area contributed by atoms with Crippen LogP contribution < -0.4 is 4.90 Å². The quantitative estimate of drug-likeness (QED) is 0.866. The van der Waals surface area contributed by atoms with E-state index in [9.17, 15) is 0 Å². The van der Waals surface area contributed by atoms with Gasteiger partial charge in [0.1, 0.15) is 0 Å². The van der Waals surface area contributed by atoms with Crippen LogP contribution in [-0.4, -0.2) is 45.5 Å². The Labute approximate surface area is 135 Å². The summed E-state index contributed by atoms with van der Waals surface area (Å²) in [6.45, 7) is 4.19. The van der Waals surface area contributed by atoms with Gasteiger partial charge < -0.3 is 9.64 Å². The lowest BCUT2D eigenvalue weighted by atomic mass is 9.82. The van der Waals surface area contributed by atoms with Crippen molar-refractivity contribution in [3.05, 3.63) is 35.9 Å². The summed E-state index contributed by atoms with van der Waals surface area (Å²) in [5.74, 6) is 2.21. The minimum Gasteiger partial charge on any atom is -0.374 e. The summed E-state index contributed by atoms with van der Waals surface area (Å²) in [6.07, 6.45) is 3.38. The molecule has 2 bridgehead atoms. The fourth-order valence-electron chi connectivity index (χ4n) is 4.64. The molecule has 1 aromatic heterocycles. The number of anilines is 1. The van der Waals surface area contributed by atoms with Gasteiger partial charge in [0, 0.05) is 24.9 Å². The second-order valence-electron chi connectivity index (χ2n) is 7.03. The molecule has 4 heterocycles. The normalized spacial score (nSPS) is 33.2. The molecule has 120 valence electrons. The van der Waals surface area contributed by atoms with Crippen molar-refractivity contribution in [3.63, 3.8) is 0 Å². The van der Waals surface area contributed by atoms with E-state index >= 15 is 0 Å². The summed E-state index contributed by atoms with van der Waals surface area (Å²) in [5, 5.41) is 12.5. The number of hydrogen-bond donors (Lipinski definition) is 0. The molecule has 0 unspecified atom stereocenters. The average molecular weight is 311 g/mol. The Morgan fingerprint density at radius 2 is 1.78 bits per heavy atom. The molecular formula is C17H21N5O. The van der Waals surface area contributed by atoms with E-state index in [2.05, 4.69) is 51.6 Å². The largest absolute Gasteiger partial charge is 0.374 e. The average Bonchev–Trinajstić information content (AvgIpc) is 3.34. The van der Waals surface area contributed by atoms with E-state index < -0.39 is 0 Å². The zero-order chi connectivity index (χ0) is 15.4. The summed E-state index contributed by atoms with van der Waals surface area (Å²) in [7, 11) is 0. The maximum absolute atomic E-state index is 6.07. The Balaban J connectivity index is 1.42. The molecule has 3 aliphatic rings. The highest BCUT2D eigenvalue weighted by atomic mass is 16.5. The Hall–Kier alpha value is -1.95. The zero-order valence-electron chi connectivity index (χ0n) is 13.2. The lowest BCUT2D eigenvalue weighted by Crippen LogP contribution is -2.28. The van der Waals surface area contributed by atoms with Crippen molar-refractivity contribution < 1.29 is 4.74 Å². The summed E-state index contributed by atoms with van der Waals surface area (Å²) in [4.78, 5) is 2.36. The molecule has 0 spiro atoms. The third-order valence-electron chi connectivity index (χ3n) is 5.86. The van der Waals surface area contributed by atoms with Crippen LogP contribution in [0.25, 0.3) is 0 Å². The van der Waals surface area contributed by atoms with Gasteiger partial charge in [-0.15, -0.1) is 0 Å². The van der Waals surface area contributed by atoms with E-state index in [1.165, 1.54) is 18.4 Å². The van der Waals surface area contributed by atoms with Crippen LogP contribution in [0.1, 0.15) is 31.4 Å². The summed E-state index contributed by atoms with van der Waals surface area (Å²) in [6, 6.07) is 10.5. The predicted octanol–water partition coefficient (Wildman–Crippen LogP) is 1.90. The zero-order valence-corrected chi connectivity index (χ0v) is 13.2. The van der Waals surface area contributed by atoms with Crippen molar-refractivity contribution in [2.75, 3.05) is 18.0 Å². The molecule has 5 atom stereocenters. The molecule has 23 heavy (non-hydrogen) atoms. The lowest BCUT2D eigenvalue weighted by Gasteiger charge is -2.22. The topological polar surface area (TPSA) is 56.1 Å². The minimum absolute atomic E-state index is 0.134. The molecule has 0 amide bonds. The molecule has 5 rings (SSSR count). The molecule has 2 aromatic rings. The van der Waals surface area contributed by atoms with Crippen LogP contribution >= 0.6 is 0 Å². The minimum atomic E-state index is 0.134. The first kappa shape index (κ1) is 13.5. The second-order valence-corrected chi connectivity index (χ2v) is 7.03. The summed E-state index contributed by atoms with van der Waals surface area (Å²) in [5.41, 5.74) is 1.23. The first-order valence-corrected chi connectivity index (χ1v) is 8.54. The number of nitrogens with zero attached hydrogens (tertiary/aromatic N) is 5. The van der Waals surface area contributed by atoms with E-state index in [4.69, 9.17) is 4.74 Å².